The highest BCUT2D eigenvalue weighted by atomic mass is 19.1. The van der Waals surface area contributed by atoms with Crippen LogP contribution in [0, 0.1) is 5.82 Å². The first kappa shape index (κ1) is 20.9. The first-order valence-corrected chi connectivity index (χ1v) is 10.7. The Morgan fingerprint density at radius 3 is 2.76 bits per heavy atom. The highest BCUT2D eigenvalue weighted by Gasteiger charge is 2.47. The molecular formula is C26H21FN2O4. The molecule has 166 valence electrons. The molecule has 33 heavy (non-hydrogen) atoms. The fraction of sp³-hybridized carbons (Fsp3) is 0.192. The average Bonchev–Trinajstić information content (AvgIpc) is 3.31. The Kier molecular flexibility index (Phi) is 5.17. The van der Waals surface area contributed by atoms with Crippen molar-refractivity contribution in [2.75, 3.05) is 0 Å². The number of carbonyl (C=O) groups excluding carboxylic acids is 2. The van der Waals surface area contributed by atoms with Gasteiger partial charge in [-0.05, 0) is 48.4 Å². The molecule has 5 rings (SSSR count). The Morgan fingerprint density at radius 2 is 2.00 bits per heavy atom. The smallest absolute Gasteiger partial charge is 0.295 e. The number of fused-ring (bicyclic) bond motifs is 1. The Bertz CT molecular complexity index is 1290. The number of likely N-dealkylation sites (tertiary alicyclic amines) is 1. The van der Waals surface area contributed by atoms with Gasteiger partial charge in [-0.1, -0.05) is 24.3 Å². The van der Waals surface area contributed by atoms with Crippen LogP contribution in [0.2, 0.25) is 0 Å². The topological polar surface area (TPSA) is 79.7 Å². The molecule has 1 amide bonds. The van der Waals surface area contributed by atoms with E-state index in [4.69, 9.17) is 4.74 Å². The van der Waals surface area contributed by atoms with E-state index in [2.05, 4.69) is 4.98 Å². The summed E-state index contributed by atoms with van der Waals surface area (Å²) >= 11 is 0. The number of nitrogens with zero attached hydrogens (tertiary/aromatic N) is 2. The molecule has 1 fully saturated rings. The van der Waals surface area contributed by atoms with Crippen LogP contribution >= 0.6 is 0 Å². The van der Waals surface area contributed by atoms with Gasteiger partial charge in [-0.2, -0.15) is 0 Å². The fourth-order valence-electron chi connectivity index (χ4n) is 4.48. The molecule has 2 aliphatic heterocycles. The summed E-state index contributed by atoms with van der Waals surface area (Å²) in [7, 11) is 0. The Morgan fingerprint density at radius 1 is 1.18 bits per heavy atom. The minimum Gasteiger partial charge on any atom is -0.507 e. The van der Waals surface area contributed by atoms with E-state index in [1.807, 2.05) is 6.92 Å². The van der Waals surface area contributed by atoms with Gasteiger partial charge < -0.3 is 14.7 Å². The number of hydrogen-bond acceptors (Lipinski definition) is 5. The number of ether oxygens (including phenoxy) is 1. The normalized spacial score (nSPS) is 21.2. The van der Waals surface area contributed by atoms with Crippen LogP contribution < -0.4 is 4.74 Å². The van der Waals surface area contributed by atoms with E-state index in [9.17, 15) is 19.1 Å². The maximum absolute atomic E-state index is 14.9. The van der Waals surface area contributed by atoms with Gasteiger partial charge in [0.25, 0.3) is 11.7 Å². The van der Waals surface area contributed by atoms with Crippen molar-refractivity contribution in [3.05, 3.63) is 101 Å². The van der Waals surface area contributed by atoms with Crippen molar-refractivity contribution in [1.29, 1.82) is 0 Å². The maximum atomic E-state index is 14.9. The zero-order chi connectivity index (χ0) is 23.1. The second-order valence-electron chi connectivity index (χ2n) is 8.26. The van der Waals surface area contributed by atoms with Crippen molar-refractivity contribution in [3.63, 3.8) is 0 Å². The summed E-state index contributed by atoms with van der Waals surface area (Å²) in [5, 5.41) is 11.2. The number of hydrogen-bond donors (Lipinski definition) is 1. The zero-order valence-corrected chi connectivity index (χ0v) is 17.9. The van der Waals surface area contributed by atoms with Gasteiger partial charge in [-0.3, -0.25) is 14.6 Å². The van der Waals surface area contributed by atoms with E-state index >= 15 is 0 Å². The Hall–Kier alpha value is -4.00. The minimum atomic E-state index is -1.07. The number of ketones is 1. The molecule has 1 aromatic heterocycles. The molecule has 2 atom stereocenters. The number of carbonyl (C=O) groups is 2. The predicted molar refractivity (Wildman–Crippen MR) is 119 cm³/mol. The molecule has 3 heterocycles. The summed E-state index contributed by atoms with van der Waals surface area (Å²) in [6.07, 6.45) is 3.87. The molecule has 1 saturated heterocycles. The fourth-order valence-corrected chi connectivity index (χ4v) is 4.48. The summed E-state index contributed by atoms with van der Waals surface area (Å²) in [5.74, 6) is -1.83. The van der Waals surface area contributed by atoms with Gasteiger partial charge in [-0.25, -0.2) is 4.39 Å². The summed E-state index contributed by atoms with van der Waals surface area (Å²) in [6, 6.07) is 13.5. The lowest BCUT2D eigenvalue weighted by Crippen LogP contribution is -2.29. The number of aromatic nitrogens is 1. The third-order valence-electron chi connectivity index (χ3n) is 5.98. The standard InChI is InChI=1S/C26H21FN2O4/c1-15-11-18-12-17(8-9-21(18)33-15)24(30)22-23(19-6-2-3-7-20(19)27)29(26(32)25(22)31)14-16-5-4-10-28-13-16/h2-10,12-13,15,23,30H,11,14H2,1H3/t15-,23+/m0/s1. The van der Waals surface area contributed by atoms with Gasteiger partial charge in [0, 0.05) is 36.5 Å². The number of rotatable bonds is 4. The van der Waals surface area contributed by atoms with Crippen LogP contribution in [0.15, 0.2) is 72.6 Å². The molecule has 2 aromatic carbocycles. The monoisotopic (exact) mass is 444 g/mol. The van der Waals surface area contributed by atoms with Crippen molar-refractivity contribution >= 4 is 17.4 Å². The summed E-state index contributed by atoms with van der Waals surface area (Å²) < 4.78 is 20.6. The molecule has 2 aliphatic rings. The molecule has 3 aromatic rings. The zero-order valence-electron chi connectivity index (χ0n) is 17.9. The van der Waals surface area contributed by atoms with Crippen LogP contribution in [0.3, 0.4) is 0 Å². The van der Waals surface area contributed by atoms with Gasteiger partial charge in [0.15, 0.2) is 0 Å². The van der Waals surface area contributed by atoms with Crippen LogP contribution in [0.25, 0.3) is 5.76 Å². The van der Waals surface area contributed by atoms with E-state index < -0.39 is 23.5 Å². The Balaban J connectivity index is 1.65. The number of halogens is 1. The third kappa shape index (κ3) is 3.65. The summed E-state index contributed by atoms with van der Waals surface area (Å²) in [6.45, 7) is 1.99. The lowest BCUT2D eigenvalue weighted by molar-refractivity contribution is -0.140. The van der Waals surface area contributed by atoms with Crippen molar-refractivity contribution in [1.82, 2.24) is 9.88 Å². The van der Waals surface area contributed by atoms with Crippen molar-refractivity contribution in [2.24, 2.45) is 0 Å². The number of amides is 1. The van der Waals surface area contributed by atoms with Crippen LogP contribution in [-0.4, -0.2) is 32.8 Å². The number of pyridine rings is 1. The molecular weight excluding hydrogens is 423 g/mol. The molecule has 7 heteroatoms. The SMILES string of the molecule is C[C@H]1Cc2cc(C(O)=C3C(=O)C(=O)N(Cc4cccnc4)[C@@H]3c3ccccc3F)ccc2O1. The van der Waals surface area contributed by atoms with E-state index in [1.54, 1.807) is 48.8 Å². The van der Waals surface area contributed by atoms with Crippen LogP contribution in [0.1, 0.15) is 35.2 Å². The minimum absolute atomic E-state index is 0.0147. The van der Waals surface area contributed by atoms with Gasteiger partial charge >= 0.3 is 0 Å². The molecule has 0 radical (unpaired) electrons. The van der Waals surface area contributed by atoms with Crippen molar-refractivity contribution in [2.45, 2.75) is 32.0 Å². The van der Waals surface area contributed by atoms with Gasteiger partial charge in [0.05, 0.1) is 11.6 Å². The molecule has 0 unspecified atom stereocenters. The van der Waals surface area contributed by atoms with Crippen LogP contribution in [-0.2, 0) is 22.6 Å². The number of aliphatic hydroxyl groups excluding tert-OH is 1. The van der Waals surface area contributed by atoms with E-state index in [0.717, 1.165) is 11.3 Å². The molecule has 0 bridgehead atoms. The quantitative estimate of drug-likeness (QED) is 0.371. The van der Waals surface area contributed by atoms with Crippen LogP contribution in [0.4, 0.5) is 4.39 Å². The maximum Gasteiger partial charge on any atom is 0.295 e. The van der Waals surface area contributed by atoms with Crippen molar-refractivity contribution in [3.8, 4) is 5.75 Å². The second kappa shape index (κ2) is 8.16. The molecule has 0 spiro atoms. The Labute approximate surface area is 190 Å². The van der Waals surface area contributed by atoms with Gasteiger partial charge in [0.2, 0.25) is 0 Å². The van der Waals surface area contributed by atoms with Crippen molar-refractivity contribution < 1.29 is 23.8 Å². The average molecular weight is 444 g/mol. The number of benzene rings is 2. The molecule has 1 N–H and O–H groups in total. The lowest BCUT2D eigenvalue weighted by Gasteiger charge is -2.25. The van der Waals surface area contributed by atoms with Gasteiger partial charge in [0.1, 0.15) is 23.4 Å². The van der Waals surface area contributed by atoms with E-state index in [0.29, 0.717) is 17.5 Å². The first-order valence-electron chi connectivity index (χ1n) is 10.7. The van der Waals surface area contributed by atoms with Gasteiger partial charge in [-0.15, -0.1) is 0 Å². The first-order chi connectivity index (χ1) is 15.9. The van der Waals surface area contributed by atoms with E-state index in [-0.39, 0.29) is 29.5 Å². The molecule has 0 saturated carbocycles. The lowest BCUT2D eigenvalue weighted by atomic mass is 9.94. The summed E-state index contributed by atoms with van der Waals surface area (Å²) in [5.41, 5.74) is 1.97. The number of Topliss-reactive ketones (excluding diaryl/α,β-unsaturated/α-hetero) is 1. The third-order valence-corrected chi connectivity index (χ3v) is 5.98. The summed E-state index contributed by atoms with van der Waals surface area (Å²) in [4.78, 5) is 31.5. The largest absolute Gasteiger partial charge is 0.507 e. The van der Waals surface area contributed by atoms with Crippen LogP contribution in [0.5, 0.6) is 5.75 Å². The highest BCUT2D eigenvalue weighted by Crippen LogP contribution is 2.42. The second-order valence-corrected chi connectivity index (χ2v) is 8.26. The number of aliphatic hydroxyl groups is 1. The predicted octanol–water partition coefficient (Wildman–Crippen LogP) is 4.17. The molecule has 0 aliphatic carbocycles. The highest BCUT2D eigenvalue weighted by molar-refractivity contribution is 6.46. The van der Waals surface area contributed by atoms with E-state index in [1.165, 1.54) is 23.1 Å². The molecule has 6 nitrogen and oxygen atoms in total.